The normalized spacial score (nSPS) is 22.7. The van der Waals surface area contributed by atoms with Crippen LogP contribution in [0.15, 0.2) is 30.3 Å². The van der Waals surface area contributed by atoms with Crippen LogP contribution in [0.3, 0.4) is 0 Å². The average Bonchev–Trinajstić information content (AvgIpc) is 3.07. The second kappa shape index (κ2) is 23.2. The standard InChI is InChI=1S/C39H65N5O8/c1-25(2)21-30-35(45)40-31(22-26(3)4)36(46)43-34(28(7)8)38(48)42-32(23-27(5)6)39(49)44(15-16-51-19-20-52-18-17-50-9)33(37(47)41-30)24-29-13-11-10-12-14-29/h10-14,25-28,30-34H,15-24H2,1-9H3,(H,40,45)(H,41,47)(H,42,48)(H,43,46)/t30-,31-,32-,33-,34-/m0/s1. The van der Waals surface area contributed by atoms with E-state index in [0.717, 1.165) is 5.56 Å². The third kappa shape index (κ3) is 15.6. The highest BCUT2D eigenvalue weighted by atomic mass is 16.5. The molecule has 4 N–H and O–H groups in total. The molecular weight excluding hydrogens is 666 g/mol. The minimum absolute atomic E-state index is 0.000148. The summed E-state index contributed by atoms with van der Waals surface area (Å²) in [6.07, 6.45) is 1.07. The van der Waals surface area contributed by atoms with E-state index in [1.54, 1.807) is 7.11 Å². The van der Waals surface area contributed by atoms with E-state index in [9.17, 15) is 24.0 Å². The topological polar surface area (TPSA) is 164 Å². The molecule has 1 heterocycles. The summed E-state index contributed by atoms with van der Waals surface area (Å²) in [5.41, 5.74) is 0.812. The first-order valence-electron chi connectivity index (χ1n) is 18.8. The van der Waals surface area contributed by atoms with E-state index in [2.05, 4.69) is 21.3 Å². The van der Waals surface area contributed by atoms with Gasteiger partial charge >= 0.3 is 0 Å². The molecular formula is C39H65N5O8. The zero-order chi connectivity index (χ0) is 38.8. The summed E-state index contributed by atoms with van der Waals surface area (Å²) >= 11 is 0. The van der Waals surface area contributed by atoms with Crippen molar-refractivity contribution < 1.29 is 38.2 Å². The molecule has 0 aromatic heterocycles. The maximum absolute atomic E-state index is 14.8. The predicted molar refractivity (Wildman–Crippen MR) is 200 cm³/mol. The molecule has 5 atom stereocenters. The Balaban J connectivity index is 2.69. The molecule has 5 amide bonds. The fraction of sp³-hybridized carbons (Fsp3) is 0.718. The highest BCUT2D eigenvalue weighted by molar-refractivity contribution is 5.98. The third-order valence-corrected chi connectivity index (χ3v) is 8.76. The highest BCUT2D eigenvalue weighted by Crippen LogP contribution is 2.18. The van der Waals surface area contributed by atoms with Crippen molar-refractivity contribution in [3.8, 4) is 0 Å². The molecule has 0 radical (unpaired) electrons. The maximum Gasteiger partial charge on any atom is 0.245 e. The van der Waals surface area contributed by atoms with Gasteiger partial charge in [0.25, 0.3) is 0 Å². The van der Waals surface area contributed by atoms with E-state index in [4.69, 9.17) is 14.2 Å². The Morgan fingerprint density at radius 1 is 0.596 bits per heavy atom. The van der Waals surface area contributed by atoms with Crippen molar-refractivity contribution in [2.45, 2.75) is 111 Å². The number of hydrogen-bond donors (Lipinski definition) is 4. The van der Waals surface area contributed by atoms with E-state index in [1.165, 1.54) is 4.90 Å². The fourth-order valence-corrected chi connectivity index (χ4v) is 6.12. The van der Waals surface area contributed by atoms with Crippen molar-refractivity contribution in [3.63, 3.8) is 0 Å². The number of methoxy groups -OCH3 is 1. The van der Waals surface area contributed by atoms with E-state index in [0.29, 0.717) is 39.1 Å². The SMILES string of the molecule is COCCOCCOCCN1C(=O)[C@H](CC(C)C)NC(=O)[C@H](C(C)C)NC(=O)[C@H](CC(C)C)NC(=O)[C@H](CC(C)C)NC(=O)[C@@H]1Cc1ccccc1. The summed E-state index contributed by atoms with van der Waals surface area (Å²) < 4.78 is 16.4. The lowest BCUT2D eigenvalue weighted by Gasteiger charge is -2.35. The van der Waals surface area contributed by atoms with E-state index in [1.807, 2.05) is 85.7 Å². The Morgan fingerprint density at radius 3 is 1.62 bits per heavy atom. The van der Waals surface area contributed by atoms with Gasteiger partial charge < -0.3 is 40.4 Å². The first-order chi connectivity index (χ1) is 24.6. The summed E-state index contributed by atoms with van der Waals surface area (Å²) in [6.45, 7) is 16.9. The van der Waals surface area contributed by atoms with Crippen LogP contribution in [0.25, 0.3) is 0 Å². The van der Waals surface area contributed by atoms with Gasteiger partial charge in [-0.15, -0.1) is 0 Å². The Morgan fingerprint density at radius 2 is 1.08 bits per heavy atom. The van der Waals surface area contributed by atoms with Crippen molar-refractivity contribution in [2.75, 3.05) is 46.7 Å². The summed E-state index contributed by atoms with van der Waals surface area (Å²) in [5.74, 6) is -2.77. The molecule has 1 aliphatic rings. The summed E-state index contributed by atoms with van der Waals surface area (Å²) in [7, 11) is 1.59. The maximum atomic E-state index is 14.8. The lowest BCUT2D eigenvalue weighted by atomic mass is 9.97. The Bertz CT molecular complexity index is 1260. The zero-order valence-electron chi connectivity index (χ0n) is 32.9. The van der Waals surface area contributed by atoms with Crippen LogP contribution >= 0.6 is 0 Å². The Kier molecular flexibility index (Phi) is 19.9. The smallest absolute Gasteiger partial charge is 0.245 e. The van der Waals surface area contributed by atoms with Gasteiger partial charge in [0.2, 0.25) is 29.5 Å². The van der Waals surface area contributed by atoms with Crippen LogP contribution in [0, 0.1) is 23.7 Å². The van der Waals surface area contributed by atoms with Crippen LogP contribution in [0.4, 0.5) is 0 Å². The summed E-state index contributed by atoms with van der Waals surface area (Å²) in [6, 6.07) is 4.39. The molecule has 1 aliphatic heterocycles. The summed E-state index contributed by atoms with van der Waals surface area (Å²) in [5, 5.41) is 11.7. The van der Waals surface area contributed by atoms with Gasteiger partial charge in [0.15, 0.2) is 0 Å². The third-order valence-electron chi connectivity index (χ3n) is 8.76. The second-order valence-electron chi connectivity index (χ2n) is 15.3. The van der Waals surface area contributed by atoms with Gasteiger partial charge in [-0.05, 0) is 48.5 Å². The molecule has 1 saturated heterocycles. The number of amides is 5. The van der Waals surface area contributed by atoms with Gasteiger partial charge in [-0.25, -0.2) is 0 Å². The largest absolute Gasteiger partial charge is 0.382 e. The Labute approximate surface area is 311 Å². The van der Waals surface area contributed by atoms with Crippen molar-refractivity contribution in [2.24, 2.45) is 23.7 Å². The first-order valence-corrected chi connectivity index (χ1v) is 18.8. The number of carbonyl (C=O) groups is 5. The quantitative estimate of drug-likeness (QED) is 0.168. The molecule has 1 aromatic rings. The molecule has 0 unspecified atom stereocenters. The molecule has 0 spiro atoms. The Hall–Kier alpha value is -3.55. The molecule has 52 heavy (non-hydrogen) atoms. The zero-order valence-corrected chi connectivity index (χ0v) is 32.9. The second-order valence-corrected chi connectivity index (χ2v) is 15.3. The van der Waals surface area contributed by atoms with E-state index >= 15 is 0 Å². The van der Waals surface area contributed by atoms with Crippen LogP contribution < -0.4 is 21.3 Å². The number of nitrogens with one attached hydrogen (secondary N) is 4. The van der Waals surface area contributed by atoms with Crippen LogP contribution in [-0.4, -0.2) is 111 Å². The van der Waals surface area contributed by atoms with Crippen molar-refractivity contribution >= 4 is 29.5 Å². The average molecular weight is 732 g/mol. The summed E-state index contributed by atoms with van der Waals surface area (Å²) in [4.78, 5) is 72.5. The number of hydrogen-bond acceptors (Lipinski definition) is 8. The lowest BCUT2D eigenvalue weighted by Crippen LogP contribution is -2.60. The first kappa shape index (κ1) is 44.6. The minimum Gasteiger partial charge on any atom is -0.382 e. The van der Waals surface area contributed by atoms with Gasteiger partial charge in [-0.2, -0.15) is 0 Å². The number of nitrogens with zero attached hydrogens (tertiary/aromatic N) is 1. The monoisotopic (exact) mass is 731 g/mol. The van der Waals surface area contributed by atoms with Gasteiger partial charge in [0, 0.05) is 20.1 Å². The molecule has 13 nitrogen and oxygen atoms in total. The molecule has 1 fully saturated rings. The molecule has 0 aliphatic carbocycles. The van der Waals surface area contributed by atoms with Gasteiger partial charge in [0.1, 0.15) is 30.2 Å². The molecule has 13 heteroatoms. The van der Waals surface area contributed by atoms with Crippen LogP contribution in [0.5, 0.6) is 0 Å². The van der Waals surface area contributed by atoms with Crippen molar-refractivity contribution in [1.82, 2.24) is 26.2 Å². The van der Waals surface area contributed by atoms with Crippen molar-refractivity contribution in [3.05, 3.63) is 35.9 Å². The number of rotatable bonds is 18. The van der Waals surface area contributed by atoms with Gasteiger partial charge in [-0.3, -0.25) is 24.0 Å². The van der Waals surface area contributed by atoms with Crippen LogP contribution in [0.2, 0.25) is 0 Å². The molecule has 294 valence electrons. The van der Waals surface area contributed by atoms with Crippen molar-refractivity contribution in [1.29, 1.82) is 0 Å². The molecule has 0 bridgehead atoms. The fourth-order valence-electron chi connectivity index (χ4n) is 6.12. The van der Waals surface area contributed by atoms with Crippen LogP contribution in [-0.2, 0) is 44.6 Å². The number of carbonyl (C=O) groups excluding carboxylic acids is 5. The number of benzene rings is 1. The van der Waals surface area contributed by atoms with Gasteiger partial charge in [0.05, 0.1) is 33.0 Å². The highest BCUT2D eigenvalue weighted by Gasteiger charge is 2.39. The molecule has 1 aromatic carbocycles. The number of ether oxygens (including phenoxy) is 3. The minimum atomic E-state index is -1.05. The van der Waals surface area contributed by atoms with E-state index < -0.39 is 59.7 Å². The van der Waals surface area contributed by atoms with E-state index in [-0.39, 0.29) is 49.9 Å². The molecule has 0 saturated carbocycles. The lowest BCUT2D eigenvalue weighted by molar-refractivity contribution is -0.145. The van der Waals surface area contributed by atoms with Crippen LogP contribution in [0.1, 0.15) is 80.2 Å². The predicted octanol–water partition coefficient (Wildman–Crippen LogP) is 2.85. The molecule has 2 rings (SSSR count). The van der Waals surface area contributed by atoms with Gasteiger partial charge in [-0.1, -0.05) is 85.7 Å².